The van der Waals surface area contributed by atoms with Crippen LogP contribution in [-0.4, -0.2) is 17.6 Å². The summed E-state index contributed by atoms with van der Waals surface area (Å²) in [5.41, 5.74) is 4.56. The van der Waals surface area contributed by atoms with Crippen molar-refractivity contribution in [2.75, 3.05) is 6.61 Å². The summed E-state index contributed by atoms with van der Waals surface area (Å²) >= 11 is 11.0. The van der Waals surface area contributed by atoms with E-state index in [0.29, 0.717) is 0 Å². The number of halogens is 6. The van der Waals surface area contributed by atoms with Gasteiger partial charge >= 0.3 is 0 Å². The standard InChI is InChI=1S/C9H8Cl2F3NO.ClH/c10-4-1-2-5(11)7(12)6(4)8(15)9(13,14)3-16;/h1-2,8,16H,3,15H2;1H/t8-;/m0./s1. The number of hydrogen-bond donors (Lipinski definition) is 2. The van der Waals surface area contributed by atoms with Gasteiger partial charge in [0.1, 0.15) is 18.5 Å². The second-order valence-corrected chi connectivity index (χ2v) is 3.97. The van der Waals surface area contributed by atoms with E-state index < -0.39 is 30.0 Å². The molecule has 0 fully saturated rings. The Balaban J connectivity index is 0.00000256. The van der Waals surface area contributed by atoms with Crippen LogP contribution in [0.3, 0.4) is 0 Å². The normalized spacial score (nSPS) is 13.1. The van der Waals surface area contributed by atoms with E-state index in [2.05, 4.69) is 0 Å². The van der Waals surface area contributed by atoms with Gasteiger partial charge in [-0.2, -0.15) is 0 Å². The molecule has 0 amide bonds. The van der Waals surface area contributed by atoms with E-state index in [-0.39, 0.29) is 22.5 Å². The molecule has 1 aromatic carbocycles. The first-order chi connectivity index (χ1) is 7.31. The van der Waals surface area contributed by atoms with Crippen LogP contribution in [0.1, 0.15) is 11.6 Å². The van der Waals surface area contributed by atoms with Gasteiger partial charge in [0, 0.05) is 10.6 Å². The Morgan fingerprint density at radius 3 is 2.24 bits per heavy atom. The van der Waals surface area contributed by atoms with Gasteiger partial charge in [-0.3, -0.25) is 0 Å². The van der Waals surface area contributed by atoms with Crippen molar-refractivity contribution >= 4 is 35.6 Å². The van der Waals surface area contributed by atoms with Crippen LogP contribution < -0.4 is 5.73 Å². The number of rotatable bonds is 3. The Bertz CT molecular complexity index is 403. The van der Waals surface area contributed by atoms with E-state index >= 15 is 0 Å². The second-order valence-electron chi connectivity index (χ2n) is 3.15. The second kappa shape index (κ2) is 6.11. The van der Waals surface area contributed by atoms with E-state index in [9.17, 15) is 13.2 Å². The molecule has 98 valence electrons. The highest BCUT2D eigenvalue weighted by Crippen LogP contribution is 2.36. The third kappa shape index (κ3) is 3.39. The molecule has 0 saturated carbocycles. The fourth-order valence-electron chi connectivity index (χ4n) is 1.14. The van der Waals surface area contributed by atoms with Gasteiger partial charge in [-0.15, -0.1) is 12.4 Å². The Hall–Kier alpha value is -0.200. The van der Waals surface area contributed by atoms with Gasteiger partial charge in [0.2, 0.25) is 0 Å². The molecule has 1 rings (SSSR count). The van der Waals surface area contributed by atoms with Gasteiger partial charge in [0.05, 0.1) is 5.02 Å². The molecule has 0 heterocycles. The molecular weight excluding hydrogens is 301 g/mol. The fourth-order valence-corrected chi connectivity index (χ4v) is 1.57. The van der Waals surface area contributed by atoms with Crippen LogP contribution in [-0.2, 0) is 0 Å². The molecule has 0 saturated heterocycles. The first-order valence-electron chi connectivity index (χ1n) is 4.19. The van der Waals surface area contributed by atoms with Crippen LogP contribution in [0.5, 0.6) is 0 Å². The molecule has 0 spiro atoms. The lowest BCUT2D eigenvalue weighted by molar-refractivity contribution is -0.0718. The third-order valence-corrected chi connectivity index (χ3v) is 2.68. The molecule has 0 aliphatic carbocycles. The molecule has 3 N–H and O–H groups in total. The van der Waals surface area contributed by atoms with Gasteiger partial charge in [-0.25, -0.2) is 13.2 Å². The van der Waals surface area contributed by atoms with E-state index in [1.54, 1.807) is 0 Å². The summed E-state index contributed by atoms with van der Waals surface area (Å²) in [7, 11) is 0. The Morgan fingerprint density at radius 1 is 1.29 bits per heavy atom. The number of aliphatic hydroxyl groups excluding tert-OH is 1. The molecule has 2 nitrogen and oxygen atoms in total. The van der Waals surface area contributed by atoms with Crippen molar-refractivity contribution < 1.29 is 18.3 Å². The van der Waals surface area contributed by atoms with Gasteiger partial charge in [-0.05, 0) is 12.1 Å². The molecule has 1 atom stereocenters. The third-order valence-electron chi connectivity index (χ3n) is 2.06. The molecule has 8 heteroatoms. The number of aliphatic hydroxyl groups is 1. The number of nitrogens with two attached hydrogens (primary N) is 1. The first kappa shape index (κ1) is 16.8. The topological polar surface area (TPSA) is 46.2 Å². The monoisotopic (exact) mass is 309 g/mol. The van der Waals surface area contributed by atoms with Crippen molar-refractivity contribution in [2.45, 2.75) is 12.0 Å². The van der Waals surface area contributed by atoms with Crippen molar-refractivity contribution in [3.8, 4) is 0 Å². The zero-order valence-corrected chi connectivity index (χ0v) is 10.6. The number of benzene rings is 1. The van der Waals surface area contributed by atoms with Crippen LogP contribution >= 0.6 is 35.6 Å². The molecule has 0 radical (unpaired) electrons. The highest BCUT2D eigenvalue weighted by Gasteiger charge is 2.40. The minimum Gasteiger partial charge on any atom is -0.390 e. The molecule has 0 aromatic heterocycles. The summed E-state index contributed by atoms with van der Waals surface area (Å²) in [6, 6.07) is 0.242. The largest absolute Gasteiger partial charge is 0.390 e. The van der Waals surface area contributed by atoms with Crippen LogP contribution in [0.25, 0.3) is 0 Å². The number of alkyl halides is 2. The quantitative estimate of drug-likeness (QED) is 0.842. The first-order valence-corrected chi connectivity index (χ1v) is 4.94. The fraction of sp³-hybridized carbons (Fsp3) is 0.333. The predicted octanol–water partition coefficient (Wildman–Crippen LogP) is 3.18. The SMILES string of the molecule is Cl.N[C@@H](c1c(Cl)ccc(Cl)c1F)C(F)(F)CO. The minimum absolute atomic E-state index is 0. The van der Waals surface area contributed by atoms with Crippen molar-refractivity contribution in [3.05, 3.63) is 33.6 Å². The summed E-state index contributed by atoms with van der Waals surface area (Å²) in [5.74, 6) is -4.77. The highest BCUT2D eigenvalue weighted by molar-refractivity contribution is 6.33. The summed E-state index contributed by atoms with van der Waals surface area (Å²) in [5, 5.41) is 7.83. The van der Waals surface area contributed by atoms with Crippen molar-refractivity contribution in [1.82, 2.24) is 0 Å². The van der Waals surface area contributed by atoms with Crippen molar-refractivity contribution in [3.63, 3.8) is 0 Å². The maximum Gasteiger partial charge on any atom is 0.289 e. The van der Waals surface area contributed by atoms with Crippen LogP contribution in [0, 0.1) is 5.82 Å². The minimum atomic E-state index is -3.67. The van der Waals surface area contributed by atoms with Crippen LogP contribution in [0.4, 0.5) is 13.2 Å². The van der Waals surface area contributed by atoms with Crippen molar-refractivity contribution in [2.24, 2.45) is 5.73 Å². The molecule has 0 aliphatic heterocycles. The maximum atomic E-state index is 13.5. The maximum absolute atomic E-state index is 13.5. The molecular formula is C9H9Cl3F3NO. The summed E-state index contributed by atoms with van der Waals surface area (Å²) in [6.07, 6.45) is 0. The van der Waals surface area contributed by atoms with Gasteiger partial charge in [-0.1, -0.05) is 23.2 Å². The molecule has 0 aliphatic rings. The smallest absolute Gasteiger partial charge is 0.289 e. The molecule has 0 unspecified atom stereocenters. The highest BCUT2D eigenvalue weighted by atomic mass is 35.5. The molecule has 0 bridgehead atoms. The van der Waals surface area contributed by atoms with Gasteiger partial charge in [0.15, 0.2) is 0 Å². The van der Waals surface area contributed by atoms with Gasteiger partial charge in [0.25, 0.3) is 5.92 Å². The average molecular weight is 311 g/mol. The van der Waals surface area contributed by atoms with Crippen molar-refractivity contribution in [1.29, 1.82) is 0 Å². The summed E-state index contributed by atoms with van der Waals surface area (Å²) in [6.45, 7) is -1.50. The van der Waals surface area contributed by atoms with E-state index in [0.717, 1.165) is 12.1 Å². The van der Waals surface area contributed by atoms with E-state index in [1.807, 2.05) is 0 Å². The zero-order chi connectivity index (χ0) is 12.5. The summed E-state index contributed by atoms with van der Waals surface area (Å²) in [4.78, 5) is 0. The van der Waals surface area contributed by atoms with Crippen LogP contribution in [0.2, 0.25) is 10.0 Å². The molecule has 17 heavy (non-hydrogen) atoms. The van der Waals surface area contributed by atoms with E-state index in [1.165, 1.54) is 0 Å². The average Bonchev–Trinajstić information content (AvgIpc) is 2.24. The van der Waals surface area contributed by atoms with E-state index in [4.69, 9.17) is 34.0 Å². The Kier molecular flexibility index (Phi) is 6.04. The summed E-state index contributed by atoms with van der Waals surface area (Å²) < 4.78 is 39.6. The Labute approximate surface area is 112 Å². The van der Waals surface area contributed by atoms with Crippen LogP contribution in [0.15, 0.2) is 12.1 Å². The Morgan fingerprint density at radius 2 is 1.76 bits per heavy atom. The lowest BCUT2D eigenvalue weighted by Crippen LogP contribution is -2.37. The predicted molar refractivity (Wildman–Crippen MR) is 62.6 cm³/mol. The lowest BCUT2D eigenvalue weighted by Gasteiger charge is -2.23. The van der Waals surface area contributed by atoms with Gasteiger partial charge < -0.3 is 10.8 Å². The number of hydrogen-bond acceptors (Lipinski definition) is 2. The zero-order valence-electron chi connectivity index (χ0n) is 8.26. The molecule has 1 aromatic rings. The lowest BCUT2D eigenvalue weighted by atomic mass is 10.0.